The van der Waals surface area contributed by atoms with E-state index in [0.717, 1.165) is 39.6 Å². The van der Waals surface area contributed by atoms with Crippen molar-refractivity contribution < 1.29 is 9.21 Å². The lowest BCUT2D eigenvalue weighted by molar-refractivity contribution is -0.116. The number of hydrogen-bond acceptors (Lipinski definition) is 4. The average molecular weight is 416 g/mol. The van der Waals surface area contributed by atoms with E-state index in [4.69, 9.17) is 21.0 Å². The number of nitrogens with zero attached hydrogens (tertiary/aromatic N) is 2. The van der Waals surface area contributed by atoms with Gasteiger partial charge in [0.1, 0.15) is 5.76 Å². The Bertz CT molecular complexity index is 1320. The molecule has 0 bridgehead atoms. The summed E-state index contributed by atoms with van der Waals surface area (Å²) in [7, 11) is 0. The third-order valence-corrected chi connectivity index (χ3v) is 6.24. The van der Waals surface area contributed by atoms with E-state index < -0.39 is 0 Å². The molecule has 6 rings (SSSR count). The van der Waals surface area contributed by atoms with Gasteiger partial charge in [-0.2, -0.15) is 0 Å². The van der Waals surface area contributed by atoms with Crippen molar-refractivity contribution in [2.75, 3.05) is 5.32 Å². The van der Waals surface area contributed by atoms with E-state index in [9.17, 15) is 4.79 Å². The SMILES string of the molecule is O=C1C[C@H](c2ccco2)CC2=C1[C@H](c1cccc(Cl)c1)n1c(nc3ccccc31)N2. The van der Waals surface area contributed by atoms with Gasteiger partial charge in [0, 0.05) is 28.6 Å². The molecule has 0 unspecified atom stereocenters. The molecule has 148 valence electrons. The number of Topliss-reactive ketones (excluding diaryl/α,β-unsaturated/α-hetero) is 1. The first-order valence-corrected chi connectivity index (χ1v) is 10.4. The lowest BCUT2D eigenvalue weighted by atomic mass is 9.79. The van der Waals surface area contributed by atoms with E-state index in [0.29, 0.717) is 17.9 Å². The van der Waals surface area contributed by atoms with Gasteiger partial charge in [-0.05, 0) is 48.4 Å². The number of halogens is 1. The topological polar surface area (TPSA) is 60.1 Å². The third-order valence-electron chi connectivity index (χ3n) is 6.01. The van der Waals surface area contributed by atoms with E-state index >= 15 is 0 Å². The number of furan rings is 1. The number of rotatable bonds is 2. The summed E-state index contributed by atoms with van der Waals surface area (Å²) in [6.07, 6.45) is 2.79. The van der Waals surface area contributed by atoms with Gasteiger partial charge in [-0.15, -0.1) is 0 Å². The van der Waals surface area contributed by atoms with Crippen molar-refractivity contribution in [2.24, 2.45) is 0 Å². The van der Waals surface area contributed by atoms with Gasteiger partial charge in [-0.3, -0.25) is 9.36 Å². The van der Waals surface area contributed by atoms with Crippen LogP contribution in [0.15, 0.2) is 82.6 Å². The van der Waals surface area contributed by atoms with Gasteiger partial charge in [0.05, 0.1) is 23.3 Å². The number of allylic oxidation sites excluding steroid dienone is 2. The minimum Gasteiger partial charge on any atom is -0.469 e. The molecule has 0 radical (unpaired) electrons. The van der Waals surface area contributed by atoms with Crippen molar-refractivity contribution in [3.05, 3.63) is 94.5 Å². The minimum absolute atomic E-state index is 0.0229. The van der Waals surface area contributed by atoms with Gasteiger partial charge < -0.3 is 9.73 Å². The number of para-hydroxylation sites is 2. The maximum Gasteiger partial charge on any atom is 0.209 e. The van der Waals surface area contributed by atoms with E-state index in [-0.39, 0.29) is 17.7 Å². The summed E-state index contributed by atoms with van der Waals surface area (Å²) < 4.78 is 7.72. The molecule has 6 heteroatoms. The Hall–Kier alpha value is -3.31. The molecule has 5 nitrogen and oxygen atoms in total. The highest BCUT2D eigenvalue weighted by atomic mass is 35.5. The fraction of sp³-hybridized carbons (Fsp3) is 0.167. The van der Waals surface area contributed by atoms with Gasteiger partial charge in [-0.1, -0.05) is 35.9 Å². The molecule has 2 aromatic carbocycles. The molecular formula is C24H18ClN3O2. The Balaban J connectivity index is 1.56. The summed E-state index contributed by atoms with van der Waals surface area (Å²) in [4.78, 5) is 18.3. The molecule has 1 aliphatic carbocycles. The molecule has 1 aliphatic heterocycles. The Kier molecular flexibility index (Phi) is 3.86. The van der Waals surface area contributed by atoms with Crippen LogP contribution in [0.3, 0.4) is 0 Å². The van der Waals surface area contributed by atoms with Crippen molar-refractivity contribution in [2.45, 2.75) is 24.8 Å². The second kappa shape index (κ2) is 6.61. The molecule has 0 saturated heterocycles. The van der Waals surface area contributed by atoms with Gasteiger partial charge in [0.15, 0.2) is 5.78 Å². The highest BCUT2D eigenvalue weighted by molar-refractivity contribution is 6.30. The zero-order valence-corrected chi connectivity index (χ0v) is 16.8. The molecule has 0 fully saturated rings. The first-order valence-electron chi connectivity index (χ1n) is 9.98. The van der Waals surface area contributed by atoms with Crippen LogP contribution in [-0.4, -0.2) is 15.3 Å². The number of aromatic nitrogens is 2. The summed E-state index contributed by atoms with van der Waals surface area (Å²) in [5.74, 6) is 1.73. The molecule has 4 aromatic rings. The molecule has 1 N–H and O–H groups in total. The zero-order valence-electron chi connectivity index (χ0n) is 16.0. The quantitative estimate of drug-likeness (QED) is 0.456. The monoisotopic (exact) mass is 415 g/mol. The number of fused-ring (bicyclic) bond motifs is 3. The second-order valence-electron chi connectivity index (χ2n) is 7.81. The molecule has 30 heavy (non-hydrogen) atoms. The zero-order chi connectivity index (χ0) is 20.2. The number of ketones is 1. The third kappa shape index (κ3) is 2.62. The van der Waals surface area contributed by atoms with Gasteiger partial charge in [0.2, 0.25) is 5.95 Å². The number of imidazole rings is 1. The van der Waals surface area contributed by atoms with Crippen molar-refractivity contribution >= 4 is 34.4 Å². The Morgan fingerprint density at radius 1 is 1.07 bits per heavy atom. The maximum absolute atomic E-state index is 13.5. The fourth-order valence-electron chi connectivity index (χ4n) is 4.74. The minimum atomic E-state index is -0.271. The van der Waals surface area contributed by atoms with Crippen LogP contribution in [0, 0.1) is 0 Å². The van der Waals surface area contributed by atoms with E-state index in [2.05, 4.69) is 9.88 Å². The summed E-state index contributed by atoms with van der Waals surface area (Å²) in [6, 6.07) is 19.3. The van der Waals surface area contributed by atoms with E-state index in [1.807, 2.05) is 60.7 Å². The molecule has 0 spiro atoms. The number of nitrogens with one attached hydrogen (secondary N) is 1. The van der Waals surface area contributed by atoms with Crippen molar-refractivity contribution in [3.63, 3.8) is 0 Å². The number of benzene rings is 2. The number of carbonyl (C=O) groups is 1. The number of anilines is 1. The summed E-state index contributed by atoms with van der Waals surface area (Å²) in [5, 5.41) is 4.11. The number of hydrogen-bond donors (Lipinski definition) is 1. The number of carbonyl (C=O) groups excluding carboxylic acids is 1. The van der Waals surface area contributed by atoms with E-state index in [1.54, 1.807) is 6.26 Å². The van der Waals surface area contributed by atoms with Gasteiger partial charge >= 0.3 is 0 Å². The molecule has 2 aliphatic rings. The smallest absolute Gasteiger partial charge is 0.209 e. The van der Waals surface area contributed by atoms with Crippen molar-refractivity contribution in [1.82, 2.24) is 9.55 Å². The predicted octanol–water partition coefficient (Wildman–Crippen LogP) is 5.70. The Morgan fingerprint density at radius 2 is 1.97 bits per heavy atom. The first kappa shape index (κ1) is 17.5. The summed E-state index contributed by atoms with van der Waals surface area (Å²) >= 11 is 6.33. The molecule has 0 saturated carbocycles. The normalized spacial score (nSPS) is 20.8. The molecule has 2 atom stereocenters. The van der Waals surface area contributed by atoms with E-state index in [1.165, 1.54) is 0 Å². The Morgan fingerprint density at radius 3 is 2.80 bits per heavy atom. The summed E-state index contributed by atoms with van der Waals surface area (Å²) in [6.45, 7) is 0. The predicted molar refractivity (Wildman–Crippen MR) is 116 cm³/mol. The average Bonchev–Trinajstić information content (AvgIpc) is 3.40. The van der Waals surface area contributed by atoms with Crippen molar-refractivity contribution in [1.29, 1.82) is 0 Å². The standard InChI is InChI=1S/C24H18ClN3O2/c25-16-6-3-5-14(11-16)23-22-18(12-15(13-20(22)29)21-9-4-10-30-21)27-24-26-17-7-1-2-8-19(17)28(23)24/h1-11,15,23H,12-13H2,(H,26,27)/t15-,23+/m1/s1. The highest BCUT2D eigenvalue weighted by Crippen LogP contribution is 2.46. The van der Waals surface area contributed by atoms with Crippen LogP contribution in [0.4, 0.5) is 5.95 Å². The van der Waals surface area contributed by atoms with Gasteiger partial charge in [0.25, 0.3) is 0 Å². The van der Waals surface area contributed by atoms with Crippen LogP contribution in [0.25, 0.3) is 11.0 Å². The molecular weight excluding hydrogens is 398 g/mol. The molecule has 2 aromatic heterocycles. The van der Waals surface area contributed by atoms with Crippen LogP contribution in [0.1, 0.15) is 36.1 Å². The van der Waals surface area contributed by atoms with Crippen LogP contribution in [0.5, 0.6) is 0 Å². The van der Waals surface area contributed by atoms with Crippen LogP contribution >= 0.6 is 11.6 Å². The van der Waals surface area contributed by atoms with Crippen molar-refractivity contribution in [3.8, 4) is 0 Å². The van der Waals surface area contributed by atoms with Crippen LogP contribution < -0.4 is 5.32 Å². The van der Waals surface area contributed by atoms with Gasteiger partial charge in [-0.25, -0.2) is 4.98 Å². The Labute approximate surface area is 178 Å². The lowest BCUT2D eigenvalue weighted by Gasteiger charge is -2.36. The van der Waals surface area contributed by atoms with Crippen LogP contribution in [-0.2, 0) is 4.79 Å². The largest absolute Gasteiger partial charge is 0.469 e. The lowest BCUT2D eigenvalue weighted by Crippen LogP contribution is -2.33. The maximum atomic E-state index is 13.5. The fourth-order valence-corrected chi connectivity index (χ4v) is 4.94. The molecule has 0 amide bonds. The summed E-state index contributed by atoms with van der Waals surface area (Å²) in [5.41, 5.74) is 4.56. The molecule has 3 heterocycles. The first-order chi connectivity index (χ1) is 14.7. The van der Waals surface area contributed by atoms with Crippen LogP contribution in [0.2, 0.25) is 5.02 Å². The highest BCUT2D eigenvalue weighted by Gasteiger charge is 2.40. The second-order valence-corrected chi connectivity index (χ2v) is 8.25.